The second-order valence-corrected chi connectivity index (χ2v) is 14.2. The molecule has 2 aromatic rings. The molecular formula is C32H40N3O10P. The van der Waals surface area contributed by atoms with Crippen LogP contribution in [-0.2, 0) is 29.6 Å². The van der Waals surface area contributed by atoms with Gasteiger partial charge in [0.2, 0.25) is 5.91 Å². The molecular weight excluding hydrogens is 617 g/mol. The van der Waals surface area contributed by atoms with E-state index in [1.165, 1.54) is 0 Å². The molecule has 3 aliphatic rings. The van der Waals surface area contributed by atoms with Crippen molar-refractivity contribution in [3.05, 3.63) is 64.4 Å². The molecule has 0 bridgehead atoms. The first kappa shape index (κ1) is 33.6. The number of carbonyl (C=O) groups is 3. The molecule has 3 unspecified atom stereocenters. The summed E-state index contributed by atoms with van der Waals surface area (Å²) in [5.74, 6) is -9.06. The summed E-state index contributed by atoms with van der Waals surface area (Å²) in [6.07, 6.45) is -1.45. The zero-order chi connectivity index (χ0) is 33.7. The third kappa shape index (κ3) is 5.29. The number of fused-ring (bicyclic) bond motifs is 3. The minimum Gasteiger partial charge on any atom is -0.508 e. The maximum Gasteiger partial charge on any atom is 0.357 e. The average Bonchev–Trinajstić information content (AvgIpc) is 2.98. The smallest absolute Gasteiger partial charge is 0.357 e. The number of nitrogens with one attached hydrogen (secondary N) is 1. The monoisotopic (exact) mass is 657 g/mol. The Morgan fingerprint density at radius 3 is 2.33 bits per heavy atom. The summed E-state index contributed by atoms with van der Waals surface area (Å²) in [7, 11) is -0.396. The van der Waals surface area contributed by atoms with E-state index in [2.05, 4.69) is 5.32 Å². The van der Waals surface area contributed by atoms with Crippen molar-refractivity contribution < 1.29 is 48.4 Å². The van der Waals surface area contributed by atoms with Crippen LogP contribution in [0.15, 0.2) is 47.7 Å². The standard InChI is InChI=1S/C32H40N3O10P/c1-5-44-46(43,45-6-2)31(16-10-8-7-9-11-16)34-20-15-21(35(3)4)19-13-17-12-18-14-22(36)25(30(33)41)29(40)32(18,42)28(39)23(17)27(38)24(19)26(20)37/h7-11,15,17-18,22,25,31,34,36-37,39,42H,5-6,12-14H2,1-4H3,(H2,33,41)/t17-,18+,22?,25?,31?,32+/m1/s1. The molecule has 2 aromatic carbocycles. The van der Waals surface area contributed by atoms with Crippen LogP contribution >= 0.6 is 7.60 Å². The van der Waals surface area contributed by atoms with E-state index in [0.29, 0.717) is 16.8 Å². The number of primary amides is 1. The van der Waals surface area contributed by atoms with Gasteiger partial charge in [0, 0.05) is 31.3 Å². The highest BCUT2D eigenvalue weighted by Gasteiger charge is 2.62. The predicted molar refractivity (Wildman–Crippen MR) is 169 cm³/mol. The maximum atomic E-state index is 14.3. The predicted octanol–water partition coefficient (Wildman–Crippen LogP) is 3.19. The van der Waals surface area contributed by atoms with Crippen molar-refractivity contribution in [3.8, 4) is 5.75 Å². The molecule has 1 amide bonds. The van der Waals surface area contributed by atoms with E-state index in [4.69, 9.17) is 14.8 Å². The van der Waals surface area contributed by atoms with E-state index in [1.807, 2.05) is 0 Å². The van der Waals surface area contributed by atoms with Gasteiger partial charge >= 0.3 is 7.60 Å². The second-order valence-electron chi connectivity index (χ2n) is 12.1. The van der Waals surface area contributed by atoms with E-state index < -0.39 is 71.8 Å². The molecule has 0 spiro atoms. The summed E-state index contributed by atoms with van der Waals surface area (Å²) < 4.78 is 25.4. The number of nitrogens with zero attached hydrogens (tertiary/aromatic N) is 1. The molecule has 0 saturated heterocycles. The van der Waals surface area contributed by atoms with Gasteiger partial charge in [0.15, 0.2) is 23.0 Å². The van der Waals surface area contributed by atoms with E-state index in [1.54, 1.807) is 69.2 Å². The van der Waals surface area contributed by atoms with Gasteiger partial charge in [0.1, 0.15) is 17.4 Å². The molecule has 1 saturated carbocycles. The number of hydrogen-bond donors (Lipinski definition) is 6. The van der Waals surface area contributed by atoms with Crippen LogP contribution < -0.4 is 16.0 Å². The highest BCUT2D eigenvalue weighted by molar-refractivity contribution is 7.54. The number of Topliss-reactive ketones (excluding diaryl/α,β-unsaturated/α-hetero) is 2. The van der Waals surface area contributed by atoms with Gasteiger partial charge in [-0.15, -0.1) is 0 Å². The van der Waals surface area contributed by atoms with Gasteiger partial charge in [0.25, 0.3) is 0 Å². The molecule has 0 radical (unpaired) electrons. The van der Waals surface area contributed by atoms with E-state index >= 15 is 0 Å². The van der Waals surface area contributed by atoms with Gasteiger partial charge in [-0.3, -0.25) is 18.9 Å². The molecule has 7 N–H and O–H groups in total. The first-order valence-electron chi connectivity index (χ1n) is 15.2. The number of anilines is 2. The molecule has 14 heteroatoms. The van der Waals surface area contributed by atoms with Gasteiger partial charge < -0.3 is 45.4 Å². The molecule has 1 fully saturated rings. The lowest BCUT2D eigenvalue weighted by atomic mass is 9.58. The third-order valence-corrected chi connectivity index (χ3v) is 11.5. The van der Waals surface area contributed by atoms with E-state index in [9.17, 15) is 39.4 Å². The topological polar surface area (TPSA) is 209 Å². The molecule has 3 aliphatic carbocycles. The molecule has 0 aliphatic heterocycles. The second kappa shape index (κ2) is 12.5. The van der Waals surface area contributed by atoms with E-state index in [0.717, 1.165) is 0 Å². The highest BCUT2D eigenvalue weighted by atomic mass is 31.2. The first-order valence-corrected chi connectivity index (χ1v) is 16.8. The van der Waals surface area contributed by atoms with Crippen LogP contribution in [0.3, 0.4) is 0 Å². The Morgan fingerprint density at radius 2 is 1.76 bits per heavy atom. The number of ketones is 2. The van der Waals surface area contributed by atoms with E-state index in [-0.39, 0.29) is 49.3 Å². The Morgan fingerprint density at radius 1 is 1.13 bits per heavy atom. The zero-order valence-electron chi connectivity index (χ0n) is 26.1. The van der Waals surface area contributed by atoms with Crippen molar-refractivity contribution >= 4 is 36.4 Å². The normalized spacial score (nSPS) is 26.6. The number of aliphatic hydroxyl groups excluding tert-OH is 2. The number of amides is 1. The molecule has 0 heterocycles. The van der Waals surface area contributed by atoms with Crippen molar-refractivity contribution in [1.82, 2.24) is 0 Å². The Hall–Kier alpha value is -3.74. The molecule has 248 valence electrons. The van der Waals surface area contributed by atoms with Crippen LogP contribution in [0.5, 0.6) is 5.75 Å². The van der Waals surface area contributed by atoms with Gasteiger partial charge in [-0.1, -0.05) is 30.3 Å². The van der Waals surface area contributed by atoms with Gasteiger partial charge in [-0.2, -0.15) is 0 Å². The minimum atomic E-state index is -3.90. The lowest BCUT2D eigenvalue weighted by Crippen LogP contribution is -2.63. The largest absolute Gasteiger partial charge is 0.508 e. The summed E-state index contributed by atoms with van der Waals surface area (Å²) in [5.41, 5.74) is 3.88. The summed E-state index contributed by atoms with van der Waals surface area (Å²) in [4.78, 5) is 41.4. The number of phenolic OH excluding ortho intramolecular Hbond substituents is 1. The molecule has 13 nitrogen and oxygen atoms in total. The SMILES string of the molecule is CCOP(=O)(OCC)C(Nc1cc(N(C)C)c2c(c1O)C(=O)C1=C(O)[C@]3(O)C(=O)C(C(N)=O)C(O)C[C@@H]3C[C@@H]1C2)c1ccccc1. The average molecular weight is 658 g/mol. The number of nitrogens with two attached hydrogens (primary N) is 1. The van der Waals surface area contributed by atoms with Crippen molar-refractivity contribution in [3.63, 3.8) is 0 Å². The number of carbonyl (C=O) groups excluding carboxylic acids is 3. The number of aliphatic hydroxyl groups is 3. The quantitative estimate of drug-likeness (QED) is 0.124. The van der Waals surface area contributed by atoms with Crippen LogP contribution in [0.4, 0.5) is 11.4 Å². The number of aromatic hydroxyl groups is 1. The number of phenols is 1. The van der Waals surface area contributed by atoms with Gasteiger partial charge in [-0.05, 0) is 56.2 Å². The minimum absolute atomic E-state index is 0.0286. The molecule has 46 heavy (non-hydrogen) atoms. The van der Waals surface area contributed by atoms with Crippen molar-refractivity contribution in [1.29, 1.82) is 0 Å². The fourth-order valence-electron chi connectivity index (χ4n) is 7.16. The zero-order valence-corrected chi connectivity index (χ0v) is 27.0. The first-order chi connectivity index (χ1) is 21.7. The van der Waals surface area contributed by atoms with Crippen LogP contribution in [-0.4, -0.2) is 76.9 Å². The Bertz CT molecular complexity index is 1630. The Labute approximate surface area is 266 Å². The fraction of sp³-hybridized carbons (Fsp3) is 0.469. The van der Waals surface area contributed by atoms with Crippen LogP contribution in [0.2, 0.25) is 0 Å². The van der Waals surface area contributed by atoms with Crippen LogP contribution in [0, 0.1) is 17.8 Å². The van der Waals surface area contributed by atoms with Gasteiger partial charge in [0.05, 0.1) is 30.6 Å². The number of benzene rings is 2. The number of hydrogen-bond acceptors (Lipinski definition) is 12. The lowest BCUT2D eigenvalue weighted by molar-refractivity contribution is -0.167. The maximum absolute atomic E-state index is 14.3. The number of allylic oxidation sites excluding steroid dienone is 1. The summed E-state index contributed by atoms with van der Waals surface area (Å²) in [6.45, 7) is 3.50. The Kier molecular flexibility index (Phi) is 9.11. The third-order valence-electron chi connectivity index (χ3n) is 9.19. The molecule has 5 rings (SSSR count). The Balaban J connectivity index is 1.67. The molecule has 6 atom stereocenters. The van der Waals surface area contributed by atoms with Crippen molar-refractivity contribution in [2.24, 2.45) is 23.5 Å². The summed E-state index contributed by atoms with van der Waals surface area (Å²) >= 11 is 0. The van der Waals surface area contributed by atoms with Crippen LogP contribution in [0.25, 0.3) is 0 Å². The van der Waals surface area contributed by atoms with Crippen LogP contribution in [0.1, 0.15) is 54.0 Å². The van der Waals surface area contributed by atoms with Crippen molar-refractivity contribution in [2.75, 3.05) is 37.5 Å². The number of rotatable bonds is 10. The summed E-state index contributed by atoms with van der Waals surface area (Å²) in [6, 6.07) is 10.4. The van der Waals surface area contributed by atoms with Gasteiger partial charge in [-0.25, -0.2) is 0 Å². The highest BCUT2D eigenvalue weighted by Crippen LogP contribution is 2.62. The molecule has 0 aromatic heterocycles. The van der Waals surface area contributed by atoms with Crippen molar-refractivity contribution in [2.45, 2.75) is 50.6 Å². The summed E-state index contributed by atoms with van der Waals surface area (Å²) in [5, 5.41) is 48.4. The fourth-order valence-corrected chi connectivity index (χ4v) is 9.09. The lowest BCUT2D eigenvalue weighted by Gasteiger charge is -2.48.